The van der Waals surface area contributed by atoms with Crippen molar-refractivity contribution in [2.24, 2.45) is 11.0 Å². The van der Waals surface area contributed by atoms with Gasteiger partial charge in [-0.1, -0.05) is 18.0 Å². The van der Waals surface area contributed by atoms with E-state index in [1.54, 1.807) is 0 Å². The van der Waals surface area contributed by atoms with Crippen molar-refractivity contribution in [3.8, 4) is 0 Å². The molecule has 0 aromatic heterocycles. The van der Waals surface area contributed by atoms with Crippen molar-refractivity contribution in [3.63, 3.8) is 0 Å². The van der Waals surface area contributed by atoms with Crippen LogP contribution in [0.25, 0.3) is 10.4 Å². The highest BCUT2D eigenvalue weighted by molar-refractivity contribution is 5.88. The van der Waals surface area contributed by atoms with Gasteiger partial charge in [-0.05, 0) is 24.3 Å². The Morgan fingerprint density at radius 1 is 1.56 bits per heavy atom. The van der Waals surface area contributed by atoms with Crippen molar-refractivity contribution in [1.82, 2.24) is 4.90 Å². The van der Waals surface area contributed by atoms with Gasteiger partial charge in [0.1, 0.15) is 5.54 Å². The minimum absolute atomic E-state index is 0.0507. The molecule has 1 saturated carbocycles. The minimum atomic E-state index is -1.01. The first-order valence-corrected chi connectivity index (χ1v) is 6.15. The SMILES string of the molecule is [N-]=[N+]=NCC1CC(=O)N(C2(C(=O)O)CCCC2)C1. The zero-order valence-electron chi connectivity index (χ0n) is 10.1. The van der Waals surface area contributed by atoms with Crippen LogP contribution in [0.1, 0.15) is 32.1 Å². The number of hydrogen-bond acceptors (Lipinski definition) is 3. The third-order valence-electron chi connectivity index (χ3n) is 3.95. The van der Waals surface area contributed by atoms with Crippen LogP contribution in [-0.2, 0) is 9.59 Å². The van der Waals surface area contributed by atoms with Crippen LogP contribution in [0.5, 0.6) is 0 Å². The predicted octanol–water partition coefficient (Wildman–Crippen LogP) is 1.54. The Kier molecular flexibility index (Phi) is 3.43. The van der Waals surface area contributed by atoms with Gasteiger partial charge in [0.05, 0.1) is 0 Å². The van der Waals surface area contributed by atoms with E-state index in [0.29, 0.717) is 19.4 Å². The molecule has 1 heterocycles. The van der Waals surface area contributed by atoms with Gasteiger partial charge in [-0.3, -0.25) is 4.79 Å². The number of nitrogens with zero attached hydrogens (tertiary/aromatic N) is 4. The molecule has 0 bridgehead atoms. The monoisotopic (exact) mass is 252 g/mol. The Morgan fingerprint density at radius 2 is 2.22 bits per heavy atom. The Morgan fingerprint density at radius 3 is 2.78 bits per heavy atom. The van der Waals surface area contributed by atoms with Crippen molar-refractivity contribution in [3.05, 3.63) is 10.4 Å². The molecule has 2 fully saturated rings. The summed E-state index contributed by atoms with van der Waals surface area (Å²) in [5.41, 5.74) is 7.26. The number of carbonyl (C=O) groups excluding carboxylic acids is 1. The molecule has 2 aliphatic rings. The number of carbonyl (C=O) groups is 2. The minimum Gasteiger partial charge on any atom is -0.479 e. The highest BCUT2D eigenvalue weighted by Crippen LogP contribution is 2.39. The van der Waals surface area contributed by atoms with Crippen LogP contribution in [0.15, 0.2) is 5.11 Å². The van der Waals surface area contributed by atoms with E-state index in [0.717, 1.165) is 12.8 Å². The number of rotatable bonds is 4. The second-order valence-corrected chi connectivity index (χ2v) is 5.03. The number of hydrogen-bond donors (Lipinski definition) is 1. The van der Waals surface area contributed by atoms with Crippen LogP contribution in [0.3, 0.4) is 0 Å². The lowest BCUT2D eigenvalue weighted by atomic mass is 9.95. The van der Waals surface area contributed by atoms with Gasteiger partial charge in [0, 0.05) is 24.4 Å². The highest BCUT2D eigenvalue weighted by atomic mass is 16.4. The number of carboxylic acids is 1. The molecule has 1 aliphatic carbocycles. The Labute approximate surface area is 104 Å². The third-order valence-corrected chi connectivity index (χ3v) is 3.95. The summed E-state index contributed by atoms with van der Waals surface area (Å²) in [7, 11) is 0. The van der Waals surface area contributed by atoms with Crippen LogP contribution in [-0.4, -0.2) is 40.5 Å². The lowest BCUT2D eigenvalue weighted by Gasteiger charge is -2.35. The lowest BCUT2D eigenvalue weighted by Crippen LogP contribution is -2.53. The fraction of sp³-hybridized carbons (Fsp3) is 0.818. The molecule has 18 heavy (non-hydrogen) atoms. The molecule has 0 spiro atoms. The molecule has 1 amide bonds. The van der Waals surface area contributed by atoms with Crippen LogP contribution in [0, 0.1) is 5.92 Å². The molecule has 0 radical (unpaired) electrons. The van der Waals surface area contributed by atoms with Crippen molar-refractivity contribution >= 4 is 11.9 Å². The molecular weight excluding hydrogens is 236 g/mol. The van der Waals surface area contributed by atoms with Crippen molar-refractivity contribution in [1.29, 1.82) is 0 Å². The van der Waals surface area contributed by atoms with Gasteiger partial charge in [-0.15, -0.1) is 0 Å². The normalized spacial score (nSPS) is 26.1. The second-order valence-electron chi connectivity index (χ2n) is 5.03. The van der Waals surface area contributed by atoms with Gasteiger partial charge in [-0.25, -0.2) is 4.79 Å². The van der Waals surface area contributed by atoms with Gasteiger partial charge in [0.15, 0.2) is 0 Å². The van der Waals surface area contributed by atoms with E-state index in [2.05, 4.69) is 10.0 Å². The van der Waals surface area contributed by atoms with Crippen LogP contribution < -0.4 is 0 Å². The fourth-order valence-electron chi connectivity index (χ4n) is 3.03. The summed E-state index contributed by atoms with van der Waals surface area (Å²) >= 11 is 0. The topological polar surface area (TPSA) is 106 Å². The summed E-state index contributed by atoms with van der Waals surface area (Å²) in [5.74, 6) is -1.08. The number of azide groups is 1. The van der Waals surface area contributed by atoms with E-state index >= 15 is 0 Å². The zero-order chi connectivity index (χ0) is 13.2. The van der Waals surface area contributed by atoms with E-state index in [1.807, 2.05) is 0 Å². The fourth-order valence-corrected chi connectivity index (χ4v) is 3.03. The van der Waals surface area contributed by atoms with Gasteiger partial charge in [0.2, 0.25) is 5.91 Å². The Bertz CT molecular complexity index is 411. The predicted molar refractivity (Wildman–Crippen MR) is 62.7 cm³/mol. The quantitative estimate of drug-likeness (QED) is 0.466. The molecule has 1 unspecified atom stereocenters. The number of carboxylic acid groups (broad SMARTS) is 1. The average molecular weight is 252 g/mol. The summed E-state index contributed by atoms with van der Waals surface area (Å²) < 4.78 is 0. The maximum Gasteiger partial charge on any atom is 0.329 e. The summed E-state index contributed by atoms with van der Waals surface area (Å²) in [6.07, 6.45) is 3.03. The largest absolute Gasteiger partial charge is 0.479 e. The van der Waals surface area contributed by atoms with E-state index < -0.39 is 11.5 Å². The molecule has 0 aromatic rings. The lowest BCUT2D eigenvalue weighted by molar-refractivity contribution is -0.156. The van der Waals surface area contributed by atoms with E-state index in [1.165, 1.54) is 4.90 Å². The van der Waals surface area contributed by atoms with Crippen LogP contribution in [0.2, 0.25) is 0 Å². The molecular formula is C11H16N4O3. The van der Waals surface area contributed by atoms with E-state index in [-0.39, 0.29) is 24.8 Å². The van der Waals surface area contributed by atoms with Crippen LogP contribution >= 0.6 is 0 Å². The summed E-state index contributed by atoms with van der Waals surface area (Å²) in [4.78, 5) is 27.7. The Hall–Kier alpha value is -1.75. The summed E-state index contributed by atoms with van der Waals surface area (Å²) in [5, 5.41) is 12.9. The van der Waals surface area contributed by atoms with Crippen LogP contribution in [0.4, 0.5) is 0 Å². The number of amides is 1. The second kappa shape index (κ2) is 4.86. The summed E-state index contributed by atoms with van der Waals surface area (Å²) in [6, 6.07) is 0. The first kappa shape index (κ1) is 12.7. The molecule has 1 atom stereocenters. The van der Waals surface area contributed by atoms with Gasteiger partial charge >= 0.3 is 5.97 Å². The third kappa shape index (κ3) is 2.01. The molecule has 1 N–H and O–H groups in total. The molecule has 1 saturated heterocycles. The molecule has 7 nitrogen and oxygen atoms in total. The Balaban J connectivity index is 2.15. The smallest absolute Gasteiger partial charge is 0.329 e. The van der Waals surface area contributed by atoms with Crippen molar-refractivity contribution in [2.45, 2.75) is 37.6 Å². The zero-order valence-corrected chi connectivity index (χ0v) is 10.1. The molecule has 98 valence electrons. The molecule has 7 heteroatoms. The van der Waals surface area contributed by atoms with Crippen molar-refractivity contribution < 1.29 is 14.7 Å². The van der Waals surface area contributed by atoms with Gasteiger partial charge in [0.25, 0.3) is 0 Å². The van der Waals surface area contributed by atoms with E-state index in [9.17, 15) is 14.7 Å². The first-order chi connectivity index (χ1) is 8.60. The average Bonchev–Trinajstić information content (AvgIpc) is 2.93. The van der Waals surface area contributed by atoms with E-state index in [4.69, 9.17) is 5.53 Å². The molecule has 0 aromatic carbocycles. The maximum atomic E-state index is 12.0. The number of aliphatic carboxylic acids is 1. The standard InChI is InChI=1S/C11H16N4O3/c12-14-13-6-8-5-9(16)15(7-8)11(10(17)18)3-1-2-4-11/h8H,1-7H2,(H,17,18). The van der Waals surface area contributed by atoms with Gasteiger partial charge < -0.3 is 10.0 Å². The van der Waals surface area contributed by atoms with Crippen molar-refractivity contribution in [2.75, 3.05) is 13.1 Å². The summed E-state index contributed by atoms with van der Waals surface area (Å²) in [6.45, 7) is 0.651. The molecule has 1 aliphatic heterocycles. The maximum absolute atomic E-state index is 12.0. The number of likely N-dealkylation sites (tertiary alicyclic amines) is 1. The van der Waals surface area contributed by atoms with Gasteiger partial charge in [-0.2, -0.15) is 0 Å². The molecule has 2 rings (SSSR count). The first-order valence-electron chi connectivity index (χ1n) is 6.15. The highest BCUT2D eigenvalue weighted by Gasteiger charge is 2.51.